The van der Waals surface area contributed by atoms with Gasteiger partial charge < -0.3 is 0 Å². The van der Waals surface area contributed by atoms with Crippen LogP contribution in [0.15, 0.2) is 90.4 Å². The Bertz CT molecular complexity index is 393. The third-order valence-corrected chi connectivity index (χ3v) is 1.70. The molecule has 0 bridgehead atoms. The first kappa shape index (κ1) is 13.5. The summed E-state index contributed by atoms with van der Waals surface area (Å²) in [7, 11) is 0. The van der Waals surface area contributed by atoms with E-state index in [0.29, 0.717) is 0 Å². The van der Waals surface area contributed by atoms with Crippen molar-refractivity contribution in [3.05, 3.63) is 85.3 Å². The molecule has 0 spiro atoms. The molecule has 0 saturated carbocycles. The summed E-state index contributed by atoms with van der Waals surface area (Å²) in [5.41, 5.74) is 0. The van der Waals surface area contributed by atoms with E-state index in [2.05, 4.69) is 15.0 Å². The largest absolute Gasteiger partial charge is 0.276 e. The van der Waals surface area contributed by atoms with Crippen molar-refractivity contribution < 1.29 is 9.88 Å². The van der Waals surface area contributed by atoms with Gasteiger partial charge in [0.15, 0.2) is 0 Å². The molecule has 18 heavy (non-hydrogen) atoms. The van der Waals surface area contributed by atoms with Gasteiger partial charge in [0.2, 0.25) is 0 Å². The smallest absolute Gasteiger partial charge is 0.145 e. The lowest BCUT2D eigenvalue weighted by Crippen LogP contribution is -1.77. The van der Waals surface area contributed by atoms with Crippen LogP contribution in [0.1, 0.15) is 0 Å². The molecule has 1 aliphatic rings. The minimum absolute atomic E-state index is 1.40. The first-order valence-corrected chi connectivity index (χ1v) is 5.51. The molecule has 0 aromatic heterocycles. The maximum Gasteiger partial charge on any atom is 0.145 e. The maximum absolute atomic E-state index is 4.65. The Balaban J connectivity index is 2.58. The number of nitrogens with zero attached hydrogens (tertiary/aromatic N) is 1. The maximum atomic E-state index is 4.65. The van der Waals surface area contributed by atoms with Crippen LogP contribution in [0.2, 0.25) is 0 Å². The third kappa shape index (κ3) is 8.73. The minimum atomic E-state index is 1.40. The van der Waals surface area contributed by atoms with Gasteiger partial charge in [-0.2, -0.15) is 4.99 Å². The predicted octanol–water partition coefficient (Wildman–Crippen LogP) is 3.78. The zero-order valence-corrected chi connectivity index (χ0v) is 9.92. The Hall–Kier alpha value is -2.55. The summed E-state index contributed by atoms with van der Waals surface area (Å²) in [6, 6.07) is 0. The third-order valence-electron chi connectivity index (χ3n) is 1.70. The van der Waals surface area contributed by atoms with Crippen LogP contribution < -0.4 is 0 Å². The normalized spacial score (nSPS) is 26.7. The molecule has 0 radical (unpaired) electrons. The first-order valence-electron chi connectivity index (χ1n) is 5.51. The van der Waals surface area contributed by atoms with Crippen molar-refractivity contribution in [2.75, 3.05) is 0 Å². The van der Waals surface area contributed by atoms with Gasteiger partial charge in [0, 0.05) is 0 Å². The molecule has 0 aromatic carbocycles. The summed E-state index contributed by atoms with van der Waals surface area (Å²) >= 11 is 0. The second kappa shape index (κ2) is 11.0. The zero-order chi connectivity index (χ0) is 12.7. The summed E-state index contributed by atoms with van der Waals surface area (Å²) in [5.74, 6) is 0. The molecule has 0 fully saturated rings. The molecule has 0 saturated heterocycles. The van der Waals surface area contributed by atoms with Crippen LogP contribution in [0.25, 0.3) is 0 Å². The van der Waals surface area contributed by atoms with Gasteiger partial charge in [0.25, 0.3) is 0 Å². The quantitative estimate of drug-likeness (QED) is 0.604. The van der Waals surface area contributed by atoms with Crippen molar-refractivity contribution in [1.29, 1.82) is 0 Å². The summed E-state index contributed by atoms with van der Waals surface area (Å²) in [5, 5.41) is 3.55. The van der Waals surface area contributed by atoms with Crippen LogP contribution in [0.4, 0.5) is 0 Å². The number of hydrogen-bond donors (Lipinski definition) is 0. The molecule has 1 heterocycles. The molecule has 0 atom stereocenters. The van der Waals surface area contributed by atoms with Gasteiger partial charge in [-0.1, -0.05) is 66.8 Å². The van der Waals surface area contributed by atoms with Gasteiger partial charge >= 0.3 is 0 Å². The van der Waals surface area contributed by atoms with Gasteiger partial charge in [-0.15, -0.1) is 0 Å². The van der Waals surface area contributed by atoms with Crippen LogP contribution in [-0.4, -0.2) is 6.21 Å². The Morgan fingerprint density at radius 2 is 0.944 bits per heavy atom. The molecule has 1 rings (SSSR count). The van der Waals surface area contributed by atoms with Crippen molar-refractivity contribution in [2.45, 2.75) is 0 Å². The molecular weight excluding hydrogens is 226 g/mol. The van der Waals surface area contributed by atoms with Crippen molar-refractivity contribution in [2.24, 2.45) is 5.16 Å². The van der Waals surface area contributed by atoms with E-state index in [4.69, 9.17) is 0 Å². The van der Waals surface area contributed by atoms with Crippen LogP contribution in [-0.2, 0) is 9.88 Å². The highest BCUT2D eigenvalue weighted by Crippen LogP contribution is 1.87. The molecule has 3 nitrogen and oxygen atoms in total. The van der Waals surface area contributed by atoms with Gasteiger partial charge in [0.1, 0.15) is 6.26 Å². The molecule has 0 aromatic rings. The highest BCUT2D eigenvalue weighted by Gasteiger charge is 1.72. The van der Waals surface area contributed by atoms with E-state index in [1.807, 2.05) is 66.8 Å². The lowest BCUT2D eigenvalue weighted by Gasteiger charge is -1.88. The highest BCUT2D eigenvalue weighted by atomic mass is 17.3. The fraction of sp³-hybridized carbons (Fsp3) is 0. The minimum Gasteiger partial charge on any atom is -0.276 e. The molecule has 92 valence electrons. The molecule has 0 N–H and O–H groups in total. The fourth-order valence-corrected chi connectivity index (χ4v) is 0.942. The lowest BCUT2D eigenvalue weighted by molar-refractivity contribution is -0.248. The standard InChI is InChI=1S/C15H15NO2/c1-2-4-6-8-10-12-14-16-18-17-15-13-11-9-7-5-3-1/h1-15H/b3-1?,4-2-,7-5?,8-6-,11-9+,12-10+,15-13+,16-14+. The number of oxime groups is 1. The van der Waals surface area contributed by atoms with Crippen LogP contribution in [0, 0.1) is 0 Å². The monoisotopic (exact) mass is 241 g/mol. The van der Waals surface area contributed by atoms with Gasteiger partial charge in [-0.05, 0) is 17.3 Å². The summed E-state index contributed by atoms with van der Waals surface area (Å²) in [6.45, 7) is 0. The van der Waals surface area contributed by atoms with E-state index in [1.165, 1.54) is 12.5 Å². The van der Waals surface area contributed by atoms with Gasteiger partial charge in [0.05, 0.1) is 6.21 Å². The lowest BCUT2D eigenvalue weighted by atomic mass is 10.3. The summed E-state index contributed by atoms with van der Waals surface area (Å²) in [4.78, 5) is 9.16. The number of hydrogen-bond acceptors (Lipinski definition) is 3. The Labute approximate surface area is 107 Å². The Morgan fingerprint density at radius 3 is 1.50 bits per heavy atom. The van der Waals surface area contributed by atoms with Gasteiger partial charge in [-0.3, -0.25) is 4.89 Å². The fourth-order valence-electron chi connectivity index (χ4n) is 0.942. The van der Waals surface area contributed by atoms with E-state index in [0.717, 1.165) is 0 Å². The van der Waals surface area contributed by atoms with Crippen molar-refractivity contribution in [3.8, 4) is 0 Å². The average molecular weight is 241 g/mol. The second-order valence-corrected chi connectivity index (χ2v) is 3.06. The van der Waals surface area contributed by atoms with Crippen molar-refractivity contribution >= 4 is 6.21 Å². The van der Waals surface area contributed by atoms with Crippen molar-refractivity contribution in [1.82, 2.24) is 0 Å². The van der Waals surface area contributed by atoms with Crippen LogP contribution in [0.5, 0.6) is 0 Å². The molecule has 0 amide bonds. The number of allylic oxidation sites excluding steroid dienone is 13. The van der Waals surface area contributed by atoms with Crippen LogP contribution >= 0.6 is 0 Å². The topological polar surface area (TPSA) is 30.8 Å². The molecule has 1 aliphatic heterocycles. The van der Waals surface area contributed by atoms with E-state index in [1.54, 1.807) is 12.2 Å². The Kier molecular flexibility index (Phi) is 8.22. The van der Waals surface area contributed by atoms with Gasteiger partial charge in [-0.25, -0.2) is 0 Å². The summed E-state index contributed by atoms with van der Waals surface area (Å²) in [6.07, 6.45) is 27.3. The number of rotatable bonds is 0. The molecule has 0 unspecified atom stereocenters. The average Bonchev–Trinajstić information content (AvgIpc) is 2.39. The highest BCUT2D eigenvalue weighted by molar-refractivity contribution is 5.70. The van der Waals surface area contributed by atoms with Crippen molar-refractivity contribution in [3.63, 3.8) is 0 Å². The molecule has 0 aliphatic carbocycles. The summed E-state index contributed by atoms with van der Waals surface area (Å²) < 4.78 is 0. The van der Waals surface area contributed by atoms with E-state index in [9.17, 15) is 0 Å². The molecular formula is C15H15NO2. The van der Waals surface area contributed by atoms with E-state index in [-0.39, 0.29) is 0 Å². The second-order valence-electron chi connectivity index (χ2n) is 3.06. The SMILES string of the molecule is C1=C\C=C/C=C\C=C\C=N\OO/C=C/C=C/C=C1. The Morgan fingerprint density at radius 1 is 0.500 bits per heavy atom. The molecule has 3 heteroatoms. The first-order chi connectivity index (χ1) is 9.00. The van der Waals surface area contributed by atoms with E-state index >= 15 is 0 Å². The van der Waals surface area contributed by atoms with Crippen LogP contribution in [0.3, 0.4) is 0 Å². The predicted molar refractivity (Wildman–Crippen MR) is 74.6 cm³/mol. The van der Waals surface area contributed by atoms with E-state index < -0.39 is 0 Å². The zero-order valence-electron chi connectivity index (χ0n) is 9.92.